The maximum absolute atomic E-state index is 12.6. The lowest BCUT2D eigenvalue weighted by Crippen LogP contribution is -2.65. The average molecular weight is 278 g/mol. The van der Waals surface area contributed by atoms with E-state index in [4.69, 9.17) is 0 Å². The van der Waals surface area contributed by atoms with Crippen LogP contribution in [0.5, 0.6) is 0 Å². The number of piperazine rings is 1. The molecule has 1 N–H and O–H groups in total. The molecule has 4 nitrogen and oxygen atoms in total. The molecule has 2 rings (SSSR count). The molecule has 20 heavy (non-hydrogen) atoms. The van der Waals surface area contributed by atoms with Crippen LogP contribution in [0.15, 0.2) is 12.2 Å². The third-order valence-electron chi connectivity index (χ3n) is 4.41. The Morgan fingerprint density at radius 2 is 2.10 bits per heavy atom. The third kappa shape index (κ3) is 3.05. The van der Waals surface area contributed by atoms with E-state index in [1.807, 2.05) is 25.7 Å². The van der Waals surface area contributed by atoms with Gasteiger partial charge in [-0.15, -0.1) is 0 Å². The largest absolute Gasteiger partial charge is 0.342 e. The number of nitrogens with one attached hydrogen (secondary N) is 1. The minimum atomic E-state index is -0.357. The Hall–Kier alpha value is -1.32. The van der Waals surface area contributed by atoms with Crippen LogP contribution >= 0.6 is 0 Å². The van der Waals surface area contributed by atoms with Crippen LogP contribution in [0.2, 0.25) is 0 Å². The van der Waals surface area contributed by atoms with Crippen molar-refractivity contribution in [3.8, 4) is 0 Å². The summed E-state index contributed by atoms with van der Waals surface area (Å²) >= 11 is 0. The predicted molar refractivity (Wildman–Crippen MR) is 79.0 cm³/mol. The summed E-state index contributed by atoms with van der Waals surface area (Å²) < 4.78 is 0. The van der Waals surface area contributed by atoms with Gasteiger partial charge in [0.05, 0.1) is 0 Å². The summed E-state index contributed by atoms with van der Waals surface area (Å²) in [5.41, 5.74) is 0. The zero-order valence-electron chi connectivity index (χ0n) is 12.8. The van der Waals surface area contributed by atoms with Gasteiger partial charge in [0.15, 0.2) is 0 Å². The Morgan fingerprint density at radius 3 is 2.65 bits per heavy atom. The maximum atomic E-state index is 12.6. The number of nitrogens with zero attached hydrogens (tertiary/aromatic N) is 1. The quantitative estimate of drug-likeness (QED) is 0.801. The molecule has 3 unspecified atom stereocenters. The van der Waals surface area contributed by atoms with E-state index in [1.165, 1.54) is 0 Å². The molecule has 2 amide bonds. The van der Waals surface area contributed by atoms with Gasteiger partial charge in [-0.3, -0.25) is 9.59 Å². The number of allylic oxidation sites excluding steroid dienone is 2. The predicted octanol–water partition coefficient (Wildman–Crippen LogP) is 2.10. The highest BCUT2D eigenvalue weighted by Gasteiger charge is 2.41. The zero-order valence-corrected chi connectivity index (χ0v) is 12.8. The van der Waals surface area contributed by atoms with E-state index in [9.17, 15) is 9.59 Å². The topological polar surface area (TPSA) is 49.4 Å². The lowest BCUT2D eigenvalue weighted by atomic mass is 9.91. The molecular weight excluding hydrogens is 252 g/mol. The molecular formula is C16H26N2O2. The first kappa shape index (κ1) is 15.1. The molecule has 112 valence electrons. The normalized spacial score (nSPS) is 30.8. The number of rotatable bonds is 4. The molecule has 1 fully saturated rings. The van der Waals surface area contributed by atoms with E-state index in [1.54, 1.807) is 0 Å². The first-order valence-corrected chi connectivity index (χ1v) is 7.80. The summed E-state index contributed by atoms with van der Waals surface area (Å²) in [6.45, 7) is 6.66. The van der Waals surface area contributed by atoms with Crippen molar-refractivity contribution in [2.45, 2.75) is 58.5 Å². The minimum absolute atomic E-state index is 0.0113. The van der Waals surface area contributed by atoms with Crippen LogP contribution in [0.3, 0.4) is 0 Å². The van der Waals surface area contributed by atoms with Crippen LogP contribution in [-0.2, 0) is 9.59 Å². The van der Waals surface area contributed by atoms with E-state index < -0.39 is 0 Å². The molecule has 0 spiro atoms. The molecule has 0 radical (unpaired) electrons. The van der Waals surface area contributed by atoms with Crippen LogP contribution in [0, 0.1) is 11.8 Å². The number of hydrogen-bond donors (Lipinski definition) is 1. The highest BCUT2D eigenvalue weighted by atomic mass is 16.2. The van der Waals surface area contributed by atoms with Crippen LogP contribution in [0.1, 0.15) is 46.5 Å². The van der Waals surface area contributed by atoms with Gasteiger partial charge in [0.25, 0.3) is 0 Å². The van der Waals surface area contributed by atoms with Crippen molar-refractivity contribution < 1.29 is 9.59 Å². The molecule has 0 bridgehead atoms. The zero-order chi connectivity index (χ0) is 14.7. The van der Waals surface area contributed by atoms with Gasteiger partial charge >= 0.3 is 0 Å². The standard InChI is InChI=1S/C16H26N2O2/c1-4-13-15(19)17-14(11(2)3)16(20)18(13)10-12-8-6-5-7-9-12/h5-6,11-14H,4,7-10H2,1-3H3,(H,17,19). The smallest absolute Gasteiger partial charge is 0.246 e. The van der Waals surface area contributed by atoms with Crippen molar-refractivity contribution in [3.05, 3.63) is 12.2 Å². The molecule has 2 aliphatic rings. The van der Waals surface area contributed by atoms with Gasteiger partial charge < -0.3 is 10.2 Å². The van der Waals surface area contributed by atoms with Gasteiger partial charge in [-0.05, 0) is 37.5 Å². The summed E-state index contributed by atoms with van der Waals surface area (Å²) in [7, 11) is 0. The van der Waals surface area contributed by atoms with Crippen LogP contribution in [0.4, 0.5) is 0 Å². The SMILES string of the molecule is CCC1C(=O)NC(C(C)C)C(=O)N1CC1CC=CCC1. The Morgan fingerprint density at radius 1 is 1.35 bits per heavy atom. The lowest BCUT2D eigenvalue weighted by Gasteiger charge is -2.41. The Balaban J connectivity index is 2.13. The summed E-state index contributed by atoms with van der Waals surface area (Å²) in [6.07, 6.45) is 8.31. The van der Waals surface area contributed by atoms with Crippen LogP contribution < -0.4 is 5.32 Å². The van der Waals surface area contributed by atoms with Crippen LogP contribution in [0.25, 0.3) is 0 Å². The van der Waals surface area contributed by atoms with Crippen molar-refractivity contribution in [1.29, 1.82) is 0 Å². The Kier molecular flexibility index (Phi) is 4.84. The van der Waals surface area contributed by atoms with Crippen LogP contribution in [-0.4, -0.2) is 35.3 Å². The van der Waals surface area contributed by atoms with Crippen molar-refractivity contribution in [2.24, 2.45) is 11.8 Å². The fourth-order valence-electron chi connectivity index (χ4n) is 3.16. The minimum Gasteiger partial charge on any atom is -0.342 e. The summed E-state index contributed by atoms with van der Waals surface area (Å²) in [5, 5.41) is 2.89. The highest BCUT2D eigenvalue weighted by Crippen LogP contribution is 2.24. The molecule has 1 aliphatic heterocycles. The second-order valence-electron chi connectivity index (χ2n) is 6.30. The first-order chi connectivity index (χ1) is 9.54. The second-order valence-corrected chi connectivity index (χ2v) is 6.30. The van der Waals surface area contributed by atoms with Gasteiger partial charge in [-0.25, -0.2) is 0 Å². The van der Waals surface area contributed by atoms with Crippen molar-refractivity contribution in [2.75, 3.05) is 6.54 Å². The van der Waals surface area contributed by atoms with Gasteiger partial charge in [0.2, 0.25) is 11.8 Å². The van der Waals surface area contributed by atoms with E-state index >= 15 is 0 Å². The lowest BCUT2D eigenvalue weighted by molar-refractivity contribution is -0.151. The number of hydrogen-bond acceptors (Lipinski definition) is 2. The highest BCUT2D eigenvalue weighted by molar-refractivity contribution is 5.97. The maximum Gasteiger partial charge on any atom is 0.246 e. The van der Waals surface area contributed by atoms with Crippen molar-refractivity contribution >= 4 is 11.8 Å². The van der Waals surface area contributed by atoms with E-state index in [2.05, 4.69) is 17.5 Å². The van der Waals surface area contributed by atoms with E-state index in [0.29, 0.717) is 12.3 Å². The fraction of sp³-hybridized carbons (Fsp3) is 0.750. The monoisotopic (exact) mass is 278 g/mol. The van der Waals surface area contributed by atoms with Gasteiger partial charge in [-0.2, -0.15) is 0 Å². The van der Waals surface area contributed by atoms with Crippen molar-refractivity contribution in [1.82, 2.24) is 10.2 Å². The van der Waals surface area contributed by atoms with Crippen molar-refractivity contribution in [3.63, 3.8) is 0 Å². The summed E-state index contributed by atoms with van der Waals surface area (Å²) in [6, 6.07) is -0.646. The second kappa shape index (κ2) is 6.42. The molecule has 1 aliphatic carbocycles. The Labute approximate surface area is 121 Å². The number of carbonyl (C=O) groups excluding carboxylic acids is 2. The molecule has 1 saturated heterocycles. The molecule has 1 heterocycles. The van der Waals surface area contributed by atoms with Gasteiger partial charge in [0, 0.05) is 6.54 Å². The molecule has 0 aromatic heterocycles. The Bertz CT molecular complexity index is 403. The number of amides is 2. The average Bonchev–Trinajstić information content (AvgIpc) is 2.43. The summed E-state index contributed by atoms with van der Waals surface area (Å²) in [4.78, 5) is 26.7. The van der Waals surface area contributed by atoms with E-state index in [-0.39, 0.29) is 29.8 Å². The summed E-state index contributed by atoms with van der Waals surface area (Å²) in [5.74, 6) is 0.743. The molecule has 0 saturated carbocycles. The first-order valence-electron chi connectivity index (χ1n) is 7.80. The fourth-order valence-corrected chi connectivity index (χ4v) is 3.16. The molecule has 0 aromatic rings. The third-order valence-corrected chi connectivity index (χ3v) is 4.41. The molecule has 4 heteroatoms. The van der Waals surface area contributed by atoms with E-state index in [0.717, 1.165) is 25.8 Å². The van der Waals surface area contributed by atoms with Gasteiger partial charge in [0.1, 0.15) is 12.1 Å². The number of carbonyl (C=O) groups is 2. The molecule has 3 atom stereocenters. The molecule has 0 aromatic carbocycles. The van der Waals surface area contributed by atoms with Gasteiger partial charge in [-0.1, -0.05) is 32.9 Å².